The van der Waals surface area contributed by atoms with Crippen molar-refractivity contribution in [3.63, 3.8) is 0 Å². The lowest BCUT2D eigenvalue weighted by atomic mass is 9.93. The van der Waals surface area contributed by atoms with Crippen molar-refractivity contribution in [3.05, 3.63) is 70.2 Å². The average Bonchev–Trinajstić information content (AvgIpc) is 3.11. The zero-order chi connectivity index (χ0) is 20.4. The fourth-order valence-corrected chi connectivity index (χ4v) is 3.63. The van der Waals surface area contributed by atoms with Gasteiger partial charge in [0.1, 0.15) is 6.61 Å². The standard InChI is InChI=1S/C21H22ClN5O2/c1-13-3-5-15(6-4-13)18-11-17(14-7-9-16(22)10-8-14)23-21-25-20(26-27(18)21)24-19(28)12-29-2/h3-10,17-18H,11-12H2,1-2H3,(H2,23,24,25,26,28)/t17-,18+/m0/s1. The number of amides is 1. The molecule has 0 bridgehead atoms. The van der Waals surface area contributed by atoms with Crippen molar-refractivity contribution >= 4 is 29.4 Å². The molecule has 0 aliphatic carbocycles. The maximum Gasteiger partial charge on any atom is 0.252 e. The first-order valence-electron chi connectivity index (χ1n) is 9.37. The number of halogens is 1. The number of carbonyl (C=O) groups excluding carboxylic acids is 1. The summed E-state index contributed by atoms with van der Waals surface area (Å²) in [5.74, 6) is 0.564. The van der Waals surface area contributed by atoms with Gasteiger partial charge in [-0.25, -0.2) is 4.68 Å². The number of aromatic nitrogens is 3. The summed E-state index contributed by atoms with van der Waals surface area (Å²) in [5, 5.41) is 11.3. The Morgan fingerprint density at radius 1 is 1.21 bits per heavy atom. The number of anilines is 2. The van der Waals surface area contributed by atoms with Gasteiger partial charge in [0, 0.05) is 12.1 Å². The third-order valence-corrected chi connectivity index (χ3v) is 5.20. The summed E-state index contributed by atoms with van der Waals surface area (Å²) in [5.41, 5.74) is 3.45. The van der Waals surface area contributed by atoms with E-state index in [0.29, 0.717) is 11.0 Å². The molecule has 1 amide bonds. The van der Waals surface area contributed by atoms with Crippen LogP contribution < -0.4 is 10.6 Å². The van der Waals surface area contributed by atoms with Crippen molar-refractivity contribution < 1.29 is 9.53 Å². The molecule has 0 spiro atoms. The van der Waals surface area contributed by atoms with Crippen LogP contribution >= 0.6 is 11.6 Å². The highest BCUT2D eigenvalue weighted by Crippen LogP contribution is 2.38. The van der Waals surface area contributed by atoms with Crippen LogP contribution in [0.5, 0.6) is 0 Å². The molecule has 0 unspecified atom stereocenters. The van der Waals surface area contributed by atoms with Crippen molar-refractivity contribution in [1.82, 2.24) is 14.8 Å². The van der Waals surface area contributed by atoms with Gasteiger partial charge in [-0.1, -0.05) is 53.6 Å². The van der Waals surface area contributed by atoms with Crippen LogP contribution in [-0.4, -0.2) is 34.4 Å². The van der Waals surface area contributed by atoms with E-state index >= 15 is 0 Å². The maximum atomic E-state index is 11.9. The predicted molar refractivity (Wildman–Crippen MR) is 112 cm³/mol. The highest BCUT2D eigenvalue weighted by molar-refractivity contribution is 6.30. The fourth-order valence-electron chi connectivity index (χ4n) is 3.50. The van der Waals surface area contributed by atoms with E-state index in [1.807, 2.05) is 28.9 Å². The summed E-state index contributed by atoms with van der Waals surface area (Å²) >= 11 is 6.05. The number of ether oxygens (including phenoxy) is 1. The topological polar surface area (TPSA) is 81.1 Å². The van der Waals surface area contributed by atoms with Crippen molar-refractivity contribution in [2.75, 3.05) is 24.4 Å². The molecule has 2 atom stereocenters. The molecular weight excluding hydrogens is 390 g/mol. The minimum absolute atomic E-state index is 0.0203. The number of nitrogens with one attached hydrogen (secondary N) is 2. The van der Waals surface area contributed by atoms with E-state index in [-0.39, 0.29) is 30.5 Å². The van der Waals surface area contributed by atoms with Gasteiger partial charge in [-0.05, 0) is 36.6 Å². The molecule has 3 aromatic rings. The van der Waals surface area contributed by atoms with Crippen molar-refractivity contribution in [3.8, 4) is 0 Å². The number of nitrogens with zero attached hydrogens (tertiary/aromatic N) is 3. The van der Waals surface area contributed by atoms with Crippen molar-refractivity contribution in [2.24, 2.45) is 0 Å². The Bertz CT molecular complexity index is 1000. The van der Waals surface area contributed by atoms with E-state index in [4.69, 9.17) is 16.3 Å². The molecule has 2 aromatic carbocycles. The van der Waals surface area contributed by atoms with Gasteiger partial charge in [-0.2, -0.15) is 4.98 Å². The van der Waals surface area contributed by atoms with E-state index in [1.165, 1.54) is 12.7 Å². The van der Waals surface area contributed by atoms with E-state index < -0.39 is 0 Å². The Hall–Kier alpha value is -2.90. The van der Waals surface area contributed by atoms with Crippen LogP contribution in [0.4, 0.5) is 11.9 Å². The summed E-state index contributed by atoms with van der Waals surface area (Å²) in [7, 11) is 1.47. The number of fused-ring (bicyclic) bond motifs is 1. The second-order valence-corrected chi connectivity index (χ2v) is 7.53. The van der Waals surface area contributed by atoms with E-state index in [1.54, 1.807) is 0 Å². The molecule has 29 heavy (non-hydrogen) atoms. The molecule has 0 saturated heterocycles. The molecule has 1 aliphatic rings. The van der Waals surface area contributed by atoms with Gasteiger partial charge in [-0.15, -0.1) is 5.10 Å². The van der Waals surface area contributed by atoms with Crippen LogP contribution in [0.25, 0.3) is 0 Å². The molecule has 1 aromatic heterocycles. The highest BCUT2D eigenvalue weighted by atomic mass is 35.5. The Morgan fingerprint density at radius 3 is 2.59 bits per heavy atom. The van der Waals surface area contributed by atoms with E-state index in [0.717, 1.165) is 17.5 Å². The number of benzene rings is 2. The zero-order valence-electron chi connectivity index (χ0n) is 16.2. The minimum Gasteiger partial charge on any atom is -0.375 e. The van der Waals surface area contributed by atoms with Crippen LogP contribution in [0.2, 0.25) is 5.02 Å². The number of hydrogen-bond acceptors (Lipinski definition) is 5. The second-order valence-electron chi connectivity index (χ2n) is 7.10. The normalized spacial score (nSPS) is 18.0. The Labute approximate surface area is 174 Å². The summed E-state index contributed by atoms with van der Waals surface area (Å²) in [6, 6.07) is 16.2. The second kappa shape index (κ2) is 8.23. The Kier molecular flexibility index (Phi) is 5.51. The lowest BCUT2D eigenvalue weighted by Gasteiger charge is -2.31. The third-order valence-electron chi connectivity index (χ3n) is 4.95. The molecule has 4 rings (SSSR count). The van der Waals surface area contributed by atoms with Crippen LogP contribution in [0.1, 0.15) is 35.2 Å². The number of aryl methyl sites for hydroxylation is 1. The van der Waals surface area contributed by atoms with Gasteiger partial charge < -0.3 is 10.1 Å². The lowest BCUT2D eigenvalue weighted by molar-refractivity contribution is -0.119. The summed E-state index contributed by atoms with van der Waals surface area (Å²) in [6.07, 6.45) is 0.784. The van der Waals surface area contributed by atoms with Gasteiger partial charge >= 0.3 is 0 Å². The van der Waals surface area contributed by atoms with Crippen molar-refractivity contribution in [1.29, 1.82) is 0 Å². The number of carbonyl (C=O) groups is 1. The molecule has 2 heterocycles. The van der Waals surface area contributed by atoms with Crippen molar-refractivity contribution in [2.45, 2.75) is 25.4 Å². The van der Waals surface area contributed by atoms with Gasteiger partial charge in [0.05, 0.1) is 12.1 Å². The predicted octanol–water partition coefficient (Wildman–Crippen LogP) is 3.97. The summed E-state index contributed by atoms with van der Waals surface area (Å²) in [6.45, 7) is 2.01. The zero-order valence-corrected chi connectivity index (χ0v) is 17.0. The minimum atomic E-state index is -0.295. The molecular formula is C21H22ClN5O2. The quantitative estimate of drug-likeness (QED) is 0.663. The Balaban J connectivity index is 1.69. The first kappa shape index (κ1) is 19.4. The number of methoxy groups -OCH3 is 1. The van der Waals surface area contributed by atoms with Crippen LogP contribution in [-0.2, 0) is 9.53 Å². The molecule has 0 saturated carbocycles. The Morgan fingerprint density at radius 2 is 1.90 bits per heavy atom. The van der Waals surface area contributed by atoms with Crippen LogP contribution in [0, 0.1) is 6.92 Å². The number of rotatable bonds is 5. The molecule has 0 fully saturated rings. The monoisotopic (exact) mass is 411 g/mol. The highest BCUT2D eigenvalue weighted by Gasteiger charge is 2.31. The maximum absolute atomic E-state index is 11.9. The molecule has 2 N–H and O–H groups in total. The van der Waals surface area contributed by atoms with Gasteiger partial charge in [-0.3, -0.25) is 10.1 Å². The largest absolute Gasteiger partial charge is 0.375 e. The summed E-state index contributed by atoms with van der Waals surface area (Å²) < 4.78 is 6.70. The lowest BCUT2D eigenvalue weighted by Crippen LogP contribution is -2.28. The molecule has 7 nitrogen and oxygen atoms in total. The summed E-state index contributed by atoms with van der Waals surface area (Å²) in [4.78, 5) is 16.4. The van der Waals surface area contributed by atoms with Crippen LogP contribution in [0.3, 0.4) is 0 Å². The first-order valence-corrected chi connectivity index (χ1v) is 9.75. The average molecular weight is 412 g/mol. The SMILES string of the molecule is COCC(=O)Nc1nc2n(n1)[C@@H](c1ccc(C)cc1)C[C@@H](c1ccc(Cl)cc1)N2. The van der Waals surface area contributed by atoms with E-state index in [2.05, 4.69) is 51.9 Å². The molecule has 0 radical (unpaired) electrons. The molecule has 150 valence electrons. The van der Waals surface area contributed by atoms with E-state index in [9.17, 15) is 4.79 Å². The van der Waals surface area contributed by atoms with Gasteiger partial charge in [0.15, 0.2) is 0 Å². The molecule has 8 heteroatoms. The molecule has 1 aliphatic heterocycles. The number of hydrogen-bond donors (Lipinski definition) is 2. The van der Waals surface area contributed by atoms with Gasteiger partial charge in [0.25, 0.3) is 11.9 Å². The fraction of sp³-hybridized carbons (Fsp3) is 0.286. The smallest absolute Gasteiger partial charge is 0.252 e. The van der Waals surface area contributed by atoms with Gasteiger partial charge in [0.2, 0.25) is 5.95 Å². The third kappa shape index (κ3) is 4.26. The van der Waals surface area contributed by atoms with Crippen LogP contribution in [0.15, 0.2) is 48.5 Å². The first-order chi connectivity index (χ1) is 14.0.